The first-order valence-electron chi connectivity index (χ1n) is 7.79. The predicted octanol–water partition coefficient (Wildman–Crippen LogP) is 5.12. The van der Waals surface area contributed by atoms with E-state index >= 15 is 0 Å². The summed E-state index contributed by atoms with van der Waals surface area (Å²) in [7, 11) is 0. The van der Waals surface area contributed by atoms with E-state index < -0.39 is 0 Å². The SMILES string of the molecule is CC(C)c1ccc2c(c1)[C@H]1OCC[C@H]1[C@@H](c1cccs1)N2. The van der Waals surface area contributed by atoms with Gasteiger partial charge in [-0.1, -0.05) is 32.0 Å². The lowest BCUT2D eigenvalue weighted by Crippen LogP contribution is -2.28. The Kier molecular flexibility index (Phi) is 3.27. The molecule has 1 saturated heterocycles. The van der Waals surface area contributed by atoms with E-state index in [1.165, 1.54) is 21.7 Å². The van der Waals surface area contributed by atoms with Crippen LogP contribution in [0.5, 0.6) is 0 Å². The van der Waals surface area contributed by atoms with Crippen molar-refractivity contribution in [2.24, 2.45) is 5.92 Å². The molecule has 0 aliphatic carbocycles. The van der Waals surface area contributed by atoms with Gasteiger partial charge in [-0.05, 0) is 35.4 Å². The van der Waals surface area contributed by atoms with Crippen molar-refractivity contribution in [1.82, 2.24) is 0 Å². The molecule has 0 radical (unpaired) electrons. The number of ether oxygens (including phenoxy) is 1. The van der Waals surface area contributed by atoms with Crippen LogP contribution in [0.4, 0.5) is 5.69 Å². The summed E-state index contributed by atoms with van der Waals surface area (Å²) in [6.07, 6.45) is 1.40. The van der Waals surface area contributed by atoms with Gasteiger partial charge in [0, 0.05) is 28.7 Å². The first kappa shape index (κ1) is 13.4. The maximum atomic E-state index is 6.11. The molecule has 2 aromatic rings. The Morgan fingerprint density at radius 2 is 2.19 bits per heavy atom. The van der Waals surface area contributed by atoms with Crippen molar-refractivity contribution in [3.63, 3.8) is 0 Å². The van der Waals surface area contributed by atoms with Gasteiger partial charge >= 0.3 is 0 Å². The average molecular weight is 299 g/mol. The van der Waals surface area contributed by atoms with Crippen LogP contribution in [-0.4, -0.2) is 6.61 Å². The molecule has 3 heterocycles. The second-order valence-corrected chi connectivity index (χ2v) is 7.36. The molecule has 2 nitrogen and oxygen atoms in total. The van der Waals surface area contributed by atoms with Gasteiger partial charge in [0.15, 0.2) is 0 Å². The lowest BCUT2D eigenvalue weighted by atomic mass is 9.82. The molecule has 0 amide bonds. The molecule has 3 heteroatoms. The van der Waals surface area contributed by atoms with Crippen molar-refractivity contribution >= 4 is 17.0 Å². The van der Waals surface area contributed by atoms with Crippen LogP contribution < -0.4 is 5.32 Å². The van der Waals surface area contributed by atoms with Gasteiger partial charge < -0.3 is 10.1 Å². The molecule has 0 saturated carbocycles. The van der Waals surface area contributed by atoms with Crippen molar-refractivity contribution < 1.29 is 4.74 Å². The van der Waals surface area contributed by atoms with E-state index in [0.29, 0.717) is 17.9 Å². The third-order valence-corrected chi connectivity index (χ3v) is 5.73. The quantitative estimate of drug-likeness (QED) is 0.831. The number of hydrogen-bond donors (Lipinski definition) is 1. The van der Waals surface area contributed by atoms with Crippen LogP contribution in [0.3, 0.4) is 0 Å². The van der Waals surface area contributed by atoms with E-state index in [1.807, 2.05) is 11.3 Å². The van der Waals surface area contributed by atoms with Gasteiger partial charge in [-0.3, -0.25) is 0 Å². The van der Waals surface area contributed by atoms with E-state index in [2.05, 4.69) is 54.9 Å². The Hall–Kier alpha value is -1.32. The van der Waals surface area contributed by atoms with Gasteiger partial charge in [0.1, 0.15) is 0 Å². The summed E-state index contributed by atoms with van der Waals surface area (Å²) < 4.78 is 6.11. The molecule has 0 bridgehead atoms. The van der Waals surface area contributed by atoms with Crippen molar-refractivity contribution in [1.29, 1.82) is 0 Å². The van der Waals surface area contributed by atoms with E-state index in [0.717, 1.165) is 13.0 Å². The van der Waals surface area contributed by atoms with Crippen LogP contribution >= 0.6 is 11.3 Å². The largest absolute Gasteiger partial charge is 0.377 e. The normalized spacial score (nSPS) is 27.3. The lowest BCUT2D eigenvalue weighted by Gasteiger charge is -2.36. The highest BCUT2D eigenvalue weighted by atomic mass is 32.1. The van der Waals surface area contributed by atoms with Gasteiger partial charge in [0.2, 0.25) is 0 Å². The number of benzene rings is 1. The van der Waals surface area contributed by atoms with E-state index in [1.54, 1.807) is 0 Å². The summed E-state index contributed by atoms with van der Waals surface area (Å²) in [5, 5.41) is 5.93. The summed E-state index contributed by atoms with van der Waals surface area (Å²) in [6.45, 7) is 5.38. The monoisotopic (exact) mass is 299 g/mol. The fourth-order valence-corrected chi connectivity index (χ4v) is 4.45. The Labute approximate surface area is 130 Å². The van der Waals surface area contributed by atoms with Gasteiger partial charge in [-0.15, -0.1) is 11.3 Å². The molecule has 2 aliphatic heterocycles. The molecule has 4 rings (SSSR count). The number of nitrogens with one attached hydrogen (secondary N) is 1. The molecular weight excluding hydrogens is 278 g/mol. The van der Waals surface area contributed by atoms with Crippen LogP contribution in [0.25, 0.3) is 0 Å². The van der Waals surface area contributed by atoms with Crippen molar-refractivity contribution in [2.75, 3.05) is 11.9 Å². The lowest BCUT2D eigenvalue weighted by molar-refractivity contribution is 0.0831. The van der Waals surface area contributed by atoms with Crippen molar-refractivity contribution in [3.05, 3.63) is 51.7 Å². The third-order valence-electron chi connectivity index (χ3n) is 4.78. The Morgan fingerprint density at radius 1 is 1.29 bits per heavy atom. The zero-order valence-corrected chi connectivity index (χ0v) is 13.3. The summed E-state index contributed by atoms with van der Waals surface area (Å²) in [5.74, 6) is 1.11. The Balaban J connectivity index is 1.77. The molecule has 1 fully saturated rings. The molecular formula is C18H21NOS. The number of hydrogen-bond acceptors (Lipinski definition) is 3. The first-order valence-corrected chi connectivity index (χ1v) is 8.67. The van der Waals surface area contributed by atoms with Crippen LogP contribution in [0.15, 0.2) is 35.7 Å². The van der Waals surface area contributed by atoms with Crippen LogP contribution in [-0.2, 0) is 4.74 Å². The fourth-order valence-electron chi connectivity index (χ4n) is 3.60. The minimum absolute atomic E-state index is 0.257. The van der Waals surface area contributed by atoms with Crippen molar-refractivity contribution in [2.45, 2.75) is 38.3 Å². The van der Waals surface area contributed by atoms with Crippen LogP contribution in [0, 0.1) is 5.92 Å². The minimum Gasteiger partial charge on any atom is -0.377 e. The van der Waals surface area contributed by atoms with Crippen molar-refractivity contribution in [3.8, 4) is 0 Å². The Morgan fingerprint density at radius 3 is 2.95 bits per heavy atom. The summed E-state index contributed by atoms with van der Waals surface area (Å²) in [6, 6.07) is 11.6. The minimum atomic E-state index is 0.257. The summed E-state index contributed by atoms with van der Waals surface area (Å²) in [4.78, 5) is 1.43. The maximum absolute atomic E-state index is 6.11. The number of fused-ring (bicyclic) bond motifs is 3. The number of thiophene rings is 1. The van der Waals surface area contributed by atoms with Crippen LogP contribution in [0.1, 0.15) is 54.3 Å². The van der Waals surface area contributed by atoms with E-state index in [4.69, 9.17) is 4.74 Å². The zero-order chi connectivity index (χ0) is 14.4. The molecule has 1 N–H and O–H groups in total. The smallest absolute Gasteiger partial charge is 0.0897 e. The maximum Gasteiger partial charge on any atom is 0.0897 e. The molecule has 110 valence electrons. The Bertz CT molecular complexity index is 635. The third kappa shape index (κ3) is 2.19. The summed E-state index contributed by atoms with van der Waals surface area (Å²) >= 11 is 1.84. The highest BCUT2D eigenvalue weighted by Crippen LogP contribution is 2.50. The van der Waals surface area contributed by atoms with Gasteiger partial charge in [0.05, 0.1) is 12.1 Å². The average Bonchev–Trinajstić information content (AvgIpc) is 3.17. The second-order valence-electron chi connectivity index (χ2n) is 6.38. The summed E-state index contributed by atoms with van der Waals surface area (Å²) in [5.41, 5.74) is 4.01. The molecule has 1 aromatic carbocycles. The number of anilines is 1. The molecule has 21 heavy (non-hydrogen) atoms. The van der Waals surface area contributed by atoms with Gasteiger partial charge in [0.25, 0.3) is 0 Å². The topological polar surface area (TPSA) is 21.3 Å². The highest BCUT2D eigenvalue weighted by molar-refractivity contribution is 7.10. The van der Waals surface area contributed by atoms with Gasteiger partial charge in [-0.25, -0.2) is 0 Å². The molecule has 1 aromatic heterocycles. The van der Waals surface area contributed by atoms with E-state index in [-0.39, 0.29) is 6.10 Å². The second kappa shape index (κ2) is 5.15. The predicted molar refractivity (Wildman–Crippen MR) is 88.0 cm³/mol. The van der Waals surface area contributed by atoms with E-state index in [9.17, 15) is 0 Å². The molecule has 0 unspecified atom stereocenters. The van der Waals surface area contributed by atoms with Gasteiger partial charge in [-0.2, -0.15) is 0 Å². The highest BCUT2D eigenvalue weighted by Gasteiger charge is 2.41. The first-order chi connectivity index (χ1) is 10.2. The molecule has 2 aliphatic rings. The number of rotatable bonds is 2. The molecule has 3 atom stereocenters. The standard InChI is InChI=1S/C18H21NOS/c1-11(2)12-5-6-15-14(10-12)18-13(7-8-20-18)17(19-15)16-4-3-9-21-16/h3-6,9-11,13,17-19H,7-8H2,1-2H3/t13-,17-,18-/m0/s1. The zero-order valence-electron chi connectivity index (χ0n) is 12.5. The van der Waals surface area contributed by atoms with Crippen LogP contribution in [0.2, 0.25) is 0 Å². The fraction of sp³-hybridized carbons (Fsp3) is 0.444. The molecule has 0 spiro atoms.